The van der Waals surface area contributed by atoms with Gasteiger partial charge in [0.2, 0.25) is 0 Å². The van der Waals surface area contributed by atoms with Gasteiger partial charge in [-0.3, -0.25) is 14.9 Å². The van der Waals surface area contributed by atoms with Gasteiger partial charge in [-0.1, -0.05) is 11.6 Å². The lowest BCUT2D eigenvalue weighted by Crippen LogP contribution is -2.37. The van der Waals surface area contributed by atoms with Gasteiger partial charge in [0, 0.05) is 41.2 Å². The van der Waals surface area contributed by atoms with Crippen LogP contribution in [0.1, 0.15) is 30.6 Å². The summed E-state index contributed by atoms with van der Waals surface area (Å²) in [6.07, 6.45) is 0.661. The van der Waals surface area contributed by atoms with Gasteiger partial charge in [0.1, 0.15) is 0 Å². The van der Waals surface area contributed by atoms with Crippen molar-refractivity contribution < 1.29 is 9.72 Å². The first kappa shape index (κ1) is 16.7. The van der Waals surface area contributed by atoms with Crippen molar-refractivity contribution in [3.63, 3.8) is 0 Å². The first-order valence-electron chi connectivity index (χ1n) is 6.18. The second-order valence-corrected chi connectivity index (χ2v) is 5.40. The summed E-state index contributed by atoms with van der Waals surface area (Å²) < 4.78 is 0. The number of rotatable bonds is 6. The van der Waals surface area contributed by atoms with Gasteiger partial charge in [-0.05, 0) is 26.3 Å². The number of hydrogen-bond acceptors (Lipinski definition) is 3. The third-order valence-electron chi connectivity index (χ3n) is 2.76. The summed E-state index contributed by atoms with van der Waals surface area (Å²) in [6.45, 7) is 4.26. The normalized spacial score (nSPS) is 10.7. The molecule has 0 radical (unpaired) electrons. The predicted octanol–water partition coefficient (Wildman–Crippen LogP) is 3.73. The molecule has 0 aliphatic carbocycles. The minimum absolute atomic E-state index is 0.0243. The molecule has 0 aliphatic heterocycles. The Morgan fingerprint density at radius 2 is 2.05 bits per heavy atom. The Morgan fingerprint density at radius 1 is 1.40 bits per heavy atom. The van der Waals surface area contributed by atoms with Gasteiger partial charge in [-0.15, -0.1) is 11.6 Å². The van der Waals surface area contributed by atoms with Crippen LogP contribution in [-0.4, -0.2) is 34.2 Å². The number of carbonyl (C=O) groups excluding carboxylic acids is 1. The number of nitrogens with zero attached hydrogens (tertiary/aromatic N) is 2. The molecule has 0 aromatic heterocycles. The lowest BCUT2D eigenvalue weighted by atomic mass is 10.1. The van der Waals surface area contributed by atoms with Crippen LogP contribution in [0.5, 0.6) is 0 Å². The van der Waals surface area contributed by atoms with Crippen LogP contribution in [0, 0.1) is 10.1 Å². The SMILES string of the molecule is CC(C)N(CCCCl)C(=O)c1cc(Cl)cc([N+](=O)[O-])c1. The maximum absolute atomic E-state index is 12.4. The average Bonchev–Trinajstić information content (AvgIpc) is 2.37. The number of benzene rings is 1. The molecule has 0 spiro atoms. The number of alkyl halides is 1. The molecule has 1 amide bonds. The molecule has 0 fully saturated rings. The van der Waals surface area contributed by atoms with E-state index < -0.39 is 4.92 Å². The monoisotopic (exact) mass is 318 g/mol. The fraction of sp³-hybridized carbons (Fsp3) is 0.462. The Labute approximate surface area is 127 Å². The molecule has 110 valence electrons. The highest BCUT2D eigenvalue weighted by Crippen LogP contribution is 2.22. The zero-order valence-corrected chi connectivity index (χ0v) is 12.8. The quantitative estimate of drug-likeness (QED) is 0.456. The van der Waals surface area contributed by atoms with Crippen molar-refractivity contribution in [1.29, 1.82) is 0 Å². The van der Waals surface area contributed by atoms with Gasteiger partial charge >= 0.3 is 0 Å². The van der Waals surface area contributed by atoms with E-state index in [-0.39, 0.29) is 28.2 Å². The van der Waals surface area contributed by atoms with Crippen LogP contribution < -0.4 is 0 Å². The molecular weight excluding hydrogens is 303 g/mol. The number of halogens is 2. The topological polar surface area (TPSA) is 63.5 Å². The standard InChI is InChI=1S/C13H16Cl2N2O3/c1-9(2)16(5-3-4-14)13(18)10-6-11(15)8-12(7-10)17(19)20/h6-9H,3-5H2,1-2H3. The number of nitro benzene ring substituents is 1. The Bertz CT molecular complexity index is 506. The summed E-state index contributed by atoms with van der Waals surface area (Å²) in [5.41, 5.74) is 0.0226. The summed E-state index contributed by atoms with van der Waals surface area (Å²) in [5, 5.41) is 11.0. The van der Waals surface area contributed by atoms with Crippen LogP contribution >= 0.6 is 23.2 Å². The first-order chi connectivity index (χ1) is 9.36. The molecule has 0 aliphatic rings. The number of nitro groups is 1. The molecule has 1 aromatic rings. The van der Waals surface area contributed by atoms with E-state index in [1.54, 1.807) is 4.90 Å². The molecule has 0 bridgehead atoms. The second kappa shape index (κ2) is 7.45. The third-order valence-corrected chi connectivity index (χ3v) is 3.24. The number of non-ortho nitro benzene ring substituents is 1. The smallest absolute Gasteiger partial charge is 0.271 e. The van der Waals surface area contributed by atoms with E-state index in [1.165, 1.54) is 18.2 Å². The van der Waals surface area contributed by atoms with Crippen molar-refractivity contribution in [2.45, 2.75) is 26.3 Å². The zero-order chi connectivity index (χ0) is 15.3. The highest BCUT2D eigenvalue weighted by Gasteiger charge is 2.21. The Morgan fingerprint density at radius 3 is 2.55 bits per heavy atom. The molecule has 1 rings (SSSR count). The fourth-order valence-corrected chi connectivity index (χ4v) is 2.14. The molecule has 5 nitrogen and oxygen atoms in total. The zero-order valence-electron chi connectivity index (χ0n) is 11.3. The molecule has 0 saturated carbocycles. The van der Waals surface area contributed by atoms with E-state index in [1.807, 2.05) is 13.8 Å². The Balaban J connectivity index is 3.08. The maximum atomic E-state index is 12.4. The molecule has 0 unspecified atom stereocenters. The van der Waals surface area contributed by atoms with Crippen molar-refractivity contribution in [3.8, 4) is 0 Å². The largest absolute Gasteiger partial charge is 0.336 e. The van der Waals surface area contributed by atoms with Crippen molar-refractivity contribution in [3.05, 3.63) is 38.9 Å². The maximum Gasteiger partial charge on any atom is 0.271 e. The van der Waals surface area contributed by atoms with Gasteiger partial charge in [-0.2, -0.15) is 0 Å². The number of hydrogen-bond donors (Lipinski definition) is 0. The fourth-order valence-electron chi connectivity index (χ4n) is 1.79. The summed E-state index contributed by atoms with van der Waals surface area (Å²) in [4.78, 5) is 24.3. The highest BCUT2D eigenvalue weighted by atomic mass is 35.5. The summed E-state index contributed by atoms with van der Waals surface area (Å²) in [5.74, 6) is 0.169. The van der Waals surface area contributed by atoms with E-state index in [2.05, 4.69) is 0 Å². The minimum atomic E-state index is -0.568. The Hall–Kier alpha value is -1.33. The predicted molar refractivity (Wildman–Crippen MR) is 79.6 cm³/mol. The van der Waals surface area contributed by atoms with Crippen molar-refractivity contribution in [2.75, 3.05) is 12.4 Å². The Kier molecular flexibility index (Phi) is 6.23. The highest BCUT2D eigenvalue weighted by molar-refractivity contribution is 6.31. The summed E-state index contributed by atoms with van der Waals surface area (Å²) >= 11 is 11.5. The number of carbonyl (C=O) groups is 1. The second-order valence-electron chi connectivity index (χ2n) is 4.59. The van der Waals surface area contributed by atoms with Crippen molar-refractivity contribution in [2.24, 2.45) is 0 Å². The third kappa shape index (κ3) is 4.35. The van der Waals surface area contributed by atoms with E-state index in [0.29, 0.717) is 18.8 Å². The van der Waals surface area contributed by atoms with Crippen molar-refractivity contribution in [1.82, 2.24) is 4.90 Å². The van der Waals surface area contributed by atoms with Gasteiger partial charge in [0.05, 0.1) is 4.92 Å². The molecule has 7 heteroatoms. The van der Waals surface area contributed by atoms with Crippen LogP contribution in [0.15, 0.2) is 18.2 Å². The van der Waals surface area contributed by atoms with Crippen LogP contribution in [0.4, 0.5) is 5.69 Å². The molecule has 1 aromatic carbocycles. The molecule has 0 saturated heterocycles. The summed E-state index contributed by atoms with van der Waals surface area (Å²) in [7, 11) is 0. The molecule has 0 N–H and O–H groups in total. The molecular formula is C13H16Cl2N2O3. The van der Waals surface area contributed by atoms with E-state index in [9.17, 15) is 14.9 Å². The molecule has 0 atom stereocenters. The van der Waals surface area contributed by atoms with Crippen LogP contribution in [0.2, 0.25) is 5.02 Å². The molecule has 20 heavy (non-hydrogen) atoms. The lowest BCUT2D eigenvalue weighted by molar-refractivity contribution is -0.384. The first-order valence-corrected chi connectivity index (χ1v) is 7.10. The van der Waals surface area contributed by atoms with Gasteiger partial charge < -0.3 is 4.90 Å². The van der Waals surface area contributed by atoms with Crippen LogP contribution in [0.25, 0.3) is 0 Å². The van der Waals surface area contributed by atoms with Gasteiger partial charge in [0.15, 0.2) is 0 Å². The lowest BCUT2D eigenvalue weighted by Gasteiger charge is -2.26. The van der Waals surface area contributed by atoms with E-state index >= 15 is 0 Å². The minimum Gasteiger partial charge on any atom is -0.336 e. The van der Waals surface area contributed by atoms with Crippen LogP contribution in [0.3, 0.4) is 0 Å². The van der Waals surface area contributed by atoms with Gasteiger partial charge in [0.25, 0.3) is 11.6 Å². The van der Waals surface area contributed by atoms with E-state index in [4.69, 9.17) is 23.2 Å². The van der Waals surface area contributed by atoms with E-state index in [0.717, 1.165) is 0 Å². The summed E-state index contributed by atoms with van der Waals surface area (Å²) in [6, 6.07) is 3.87. The number of amides is 1. The van der Waals surface area contributed by atoms with Gasteiger partial charge in [-0.25, -0.2) is 0 Å². The van der Waals surface area contributed by atoms with Crippen molar-refractivity contribution >= 4 is 34.8 Å². The average molecular weight is 319 g/mol. The molecule has 0 heterocycles. The van der Waals surface area contributed by atoms with Crippen LogP contribution in [-0.2, 0) is 0 Å².